The molecule has 0 fully saturated rings. The first-order valence-electron chi connectivity index (χ1n) is 19.3. The standard InChI is InChI=1S/C54H33NS/c1-2-10-34(11-3-1)35-20-25-38(26-21-35)55(40-29-31-44-43-13-6-7-19-51(43)56-52(44)33-40)39-27-22-36(23-28-39)37-24-30-42-47-16-9-17-48-49-18-8-15-46(54(49)50(42)32-37)41-12-4-5-14-45(41)53(47)48/h1-33H. The lowest BCUT2D eigenvalue weighted by Gasteiger charge is -2.26. The molecule has 260 valence electrons. The van der Waals surface area contributed by atoms with Gasteiger partial charge in [-0.2, -0.15) is 0 Å². The summed E-state index contributed by atoms with van der Waals surface area (Å²) in [6, 6.07) is 74.0. The first kappa shape index (κ1) is 31.4. The lowest BCUT2D eigenvalue weighted by Crippen LogP contribution is -2.09. The van der Waals surface area contributed by atoms with Gasteiger partial charge in [-0.05, 0) is 126 Å². The monoisotopic (exact) mass is 727 g/mol. The maximum Gasteiger partial charge on any atom is 0.0476 e. The maximum absolute atomic E-state index is 2.43. The molecule has 2 aliphatic carbocycles. The highest BCUT2D eigenvalue weighted by Crippen LogP contribution is 2.57. The van der Waals surface area contributed by atoms with Crippen molar-refractivity contribution in [3.8, 4) is 77.9 Å². The van der Waals surface area contributed by atoms with Crippen LogP contribution in [-0.4, -0.2) is 0 Å². The van der Waals surface area contributed by atoms with E-state index < -0.39 is 0 Å². The van der Waals surface area contributed by atoms with E-state index in [0.717, 1.165) is 17.1 Å². The molecule has 9 aromatic carbocycles. The van der Waals surface area contributed by atoms with Crippen LogP contribution in [0.25, 0.3) is 98.1 Å². The number of rotatable bonds is 5. The van der Waals surface area contributed by atoms with Crippen molar-refractivity contribution >= 4 is 48.6 Å². The predicted octanol–water partition coefficient (Wildman–Crippen LogP) is 15.8. The summed E-state index contributed by atoms with van der Waals surface area (Å²) in [5, 5.41) is 2.62. The molecule has 10 aromatic rings. The van der Waals surface area contributed by atoms with E-state index in [0.29, 0.717) is 0 Å². The SMILES string of the molecule is c1ccc(-c2ccc(N(c3ccc(-c4ccc5c(c4)-c4c6cccc4-c4cccc-5c4-c4ccccc4-6)cc3)c3ccc4c(c3)sc3ccccc34)cc2)cc1. The molecule has 0 unspecified atom stereocenters. The van der Waals surface area contributed by atoms with Crippen molar-refractivity contribution in [2.75, 3.05) is 4.90 Å². The zero-order valence-electron chi connectivity index (χ0n) is 30.4. The molecule has 1 aromatic heterocycles. The minimum atomic E-state index is 1.12. The first-order valence-corrected chi connectivity index (χ1v) is 20.1. The van der Waals surface area contributed by atoms with Crippen molar-refractivity contribution in [1.82, 2.24) is 0 Å². The van der Waals surface area contributed by atoms with Gasteiger partial charge in [0.05, 0.1) is 0 Å². The van der Waals surface area contributed by atoms with Crippen LogP contribution in [0.5, 0.6) is 0 Å². The molecule has 0 atom stereocenters. The summed E-state index contributed by atoms with van der Waals surface area (Å²) in [5.41, 5.74) is 21.3. The Morgan fingerprint density at radius 1 is 0.268 bits per heavy atom. The molecule has 2 aliphatic rings. The van der Waals surface area contributed by atoms with Gasteiger partial charge in [-0.15, -0.1) is 11.3 Å². The Balaban J connectivity index is 0.979. The van der Waals surface area contributed by atoms with Gasteiger partial charge in [0, 0.05) is 37.2 Å². The molecule has 2 heteroatoms. The summed E-state index contributed by atoms with van der Waals surface area (Å²) < 4.78 is 2.61. The van der Waals surface area contributed by atoms with Crippen molar-refractivity contribution < 1.29 is 0 Å². The Bertz CT molecular complexity index is 3150. The van der Waals surface area contributed by atoms with Crippen molar-refractivity contribution in [3.63, 3.8) is 0 Å². The second kappa shape index (κ2) is 12.3. The highest BCUT2D eigenvalue weighted by atomic mass is 32.1. The van der Waals surface area contributed by atoms with Crippen LogP contribution in [0, 0.1) is 0 Å². The van der Waals surface area contributed by atoms with E-state index in [1.807, 2.05) is 11.3 Å². The van der Waals surface area contributed by atoms with Gasteiger partial charge >= 0.3 is 0 Å². The molecule has 0 saturated heterocycles. The fraction of sp³-hybridized carbons (Fsp3) is 0. The number of nitrogens with zero attached hydrogens (tertiary/aromatic N) is 1. The number of thiophene rings is 1. The van der Waals surface area contributed by atoms with Gasteiger partial charge in [0.2, 0.25) is 0 Å². The van der Waals surface area contributed by atoms with Gasteiger partial charge in [-0.1, -0.05) is 152 Å². The zero-order chi connectivity index (χ0) is 36.7. The average Bonchev–Trinajstić information content (AvgIpc) is 3.59. The lowest BCUT2D eigenvalue weighted by atomic mass is 9.83. The molecule has 0 amide bonds. The van der Waals surface area contributed by atoms with Gasteiger partial charge in [0.1, 0.15) is 0 Å². The van der Waals surface area contributed by atoms with Crippen molar-refractivity contribution in [3.05, 3.63) is 200 Å². The van der Waals surface area contributed by atoms with Crippen LogP contribution in [0.2, 0.25) is 0 Å². The molecule has 6 bridgehead atoms. The summed E-state index contributed by atoms with van der Waals surface area (Å²) in [6.45, 7) is 0. The number of benzene rings is 9. The van der Waals surface area contributed by atoms with E-state index >= 15 is 0 Å². The smallest absolute Gasteiger partial charge is 0.0476 e. The molecular formula is C54H33NS. The molecule has 1 heterocycles. The summed E-state index contributed by atoms with van der Waals surface area (Å²) >= 11 is 1.86. The Morgan fingerprint density at radius 3 is 1.46 bits per heavy atom. The lowest BCUT2D eigenvalue weighted by molar-refractivity contribution is 1.29. The molecule has 0 radical (unpaired) electrons. The van der Waals surface area contributed by atoms with E-state index in [-0.39, 0.29) is 0 Å². The minimum Gasteiger partial charge on any atom is -0.310 e. The van der Waals surface area contributed by atoms with Gasteiger partial charge in [0.15, 0.2) is 0 Å². The Labute approximate surface area is 330 Å². The maximum atomic E-state index is 2.43. The molecule has 0 aliphatic heterocycles. The molecule has 12 rings (SSSR count). The van der Waals surface area contributed by atoms with Crippen LogP contribution in [0.15, 0.2) is 200 Å². The van der Waals surface area contributed by atoms with Crippen molar-refractivity contribution in [2.45, 2.75) is 0 Å². The molecule has 0 saturated carbocycles. The van der Waals surface area contributed by atoms with Crippen LogP contribution in [0.1, 0.15) is 0 Å². The molecule has 1 nitrogen and oxygen atoms in total. The third kappa shape index (κ3) is 4.73. The van der Waals surface area contributed by atoms with Crippen LogP contribution in [-0.2, 0) is 0 Å². The number of anilines is 3. The van der Waals surface area contributed by atoms with Crippen LogP contribution >= 0.6 is 11.3 Å². The number of hydrogen-bond acceptors (Lipinski definition) is 2. The highest BCUT2D eigenvalue weighted by Gasteiger charge is 2.30. The Kier molecular flexibility index (Phi) is 6.87. The second-order valence-electron chi connectivity index (χ2n) is 14.8. The fourth-order valence-electron chi connectivity index (χ4n) is 9.22. The largest absolute Gasteiger partial charge is 0.310 e. The summed E-state index contributed by atoms with van der Waals surface area (Å²) in [7, 11) is 0. The van der Waals surface area contributed by atoms with E-state index in [1.165, 1.54) is 98.1 Å². The van der Waals surface area contributed by atoms with Crippen molar-refractivity contribution in [1.29, 1.82) is 0 Å². The minimum absolute atomic E-state index is 1.12. The molecular weight excluding hydrogens is 695 g/mol. The average molecular weight is 728 g/mol. The topological polar surface area (TPSA) is 3.24 Å². The number of hydrogen-bond donors (Lipinski definition) is 0. The van der Waals surface area contributed by atoms with E-state index in [2.05, 4.69) is 205 Å². The van der Waals surface area contributed by atoms with Gasteiger partial charge in [-0.3, -0.25) is 0 Å². The van der Waals surface area contributed by atoms with Gasteiger partial charge in [0.25, 0.3) is 0 Å². The van der Waals surface area contributed by atoms with E-state index in [1.54, 1.807) is 0 Å². The summed E-state index contributed by atoms with van der Waals surface area (Å²) in [4.78, 5) is 2.39. The third-order valence-corrected chi connectivity index (χ3v) is 12.9. The third-order valence-electron chi connectivity index (χ3n) is 11.8. The predicted molar refractivity (Wildman–Crippen MR) is 239 cm³/mol. The van der Waals surface area contributed by atoms with E-state index in [4.69, 9.17) is 0 Å². The molecule has 0 N–H and O–H groups in total. The quantitative estimate of drug-likeness (QED) is 0.171. The summed E-state index contributed by atoms with van der Waals surface area (Å²) in [6.07, 6.45) is 0. The van der Waals surface area contributed by atoms with Crippen LogP contribution in [0.3, 0.4) is 0 Å². The second-order valence-corrected chi connectivity index (χ2v) is 15.9. The first-order chi connectivity index (χ1) is 27.8. The Morgan fingerprint density at radius 2 is 0.750 bits per heavy atom. The van der Waals surface area contributed by atoms with E-state index in [9.17, 15) is 0 Å². The molecule has 56 heavy (non-hydrogen) atoms. The highest BCUT2D eigenvalue weighted by molar-refractivity contribution is 7.25. The molecule has 0 spiro atoms. The zero-order valence-corrected chi connectivity index (χ0v) is 31.2. The fourth-order valence-corrected chi connectivity index (χ4v) is 10.4. The summed E-state index contributed by atoms with van der Waals surface area (Å²) in [5.74, 6) is 0. The Hall–Kier alpha value is -7.00. The normalized spacial score (nSPS) is 11.9. The number of fused-ring (bicyclic) bond motifs is 7. The van der Waals surface area contributed by atoms with Gasteiger partial charge < -0.3 is 4.90 Å². The van der Waals surface area contributed by atoms with Gasteiger partial charge in [-0.25, -0.2) is 0 Å². The van der Waals surface area contributed by atoms with Crippen LogP contribution < -0.4 is 4.90 Å². The van der Waals surface area contributed by atoms with Crippen molar-refractivity contribution in [2.24, 2.45) is 0 Å². The van der Waals surface area contributed by atoms with Crippen LogP contribution in [0.4, 0.5) is 17.1 Å².